The topological polar surface area (TPSA) is 29.4 Å². The summed E-state index contributed by atoms with van der Waals surface area (Å²) in [5.74, 6) is 0. The number of allylic oxidation sites excluding steroid dienone is 2. The van der Waals surface area contributed by atoms with Gasteiger partial charge in [-0.1, -0.05) is 0 Å². The quantitative estimate of drug-likeness (QED) is 0.460. The lowest BCUT2D eigenvalue weighted by Gasteiger charge is -1.78. The second-order valence-electron chi connectivity index (χ2n) is 1.80. The van der Waals surface area contributed by atoms with Gasteiger partial charge < -0.3 is 0 Å². The summed E-state index contributed by atoms with van der Waals surface area (Å²) in [7, 11) is 0. The van der Waals surface area contributed by atoms with Gasteiger partial charge in [0.05, 0.1) is 5.70 Å². The van der Waals surface area contributed by atoms with Crippen molar-refractivity contribution in [2.45, 2.75) is 13.3 Å². The summed E-state index contributed by atoms with van der Waals surface area (Å²) in [5, 5.41) is 0. The first-order valence-electron chi connectivity index (χ1n) is 2.52. The highest BCUT2D eigenvalue weighted by atomic mass is 16.1. The number of carbonyl (C=O) groups is 1. The molecule has 8 heavy (non-hydrogen) atoms. The summed E-state index contributed by atoms with van der Waals surface area (Å²) >= 11 is 0. The standard InChI is InChI=1S/C6H7NO/c1-5-2-3-6(4-8)7-5/h3-4H,2H2,1H3. The van der Waals surface area contributed by atoms with Crippen LogP contribution in [0.4, 0.5) is 0 Å². The van der Waals surface area contributed by atoms with Crippen molar-refractivity contribution >= 4 is 12.0 Å². The Labute approximate surface area is 47.9 Å². The van der Waals surface area contributed by atoms with Crippen molar-refractivity contribution in [3.05, 3.63) is 11.8 Å². The number of nitrogens with zero attached hydrogens (tertiary/aromatic N) is 1. The van der Waals surface area contributed by atoms with Crippen LogP contribution in [-0.2, 0) is 4.79 Å². The number of rotatable bonds is 1. The lowest BCUT2D eigenvalue weighted by atomic mass is 10.3. The highest BCUT2D eigenvalue weighted by Crippen LogP contribution is 2.05. The van der Waals surface area contributed by atoms with Crippen LogP contribution in [0.1, 0.15) is 13.3 Å². The summed E-state index contributed by atoms with van der Waals surface area (Å²) in [6, 6.07) is 0. The maximum absolute atomic E-state index is 9.98. The van der Waals surface area contributed by atoms with Crippen LogP contribution < -0.4 is 0 Å². The smallest absolute Gasteiger partial charge is 0.168 e. The molecule has 1 rings (SSSR count). The maximum atomic E-state index is 9.98. The number of aliphatic imine (C=N–C) groups is 1. The van der Waals surface area contributed by atoms with Crippen LogP contribution in [0.25, 0.3) is 0 Å². The van der Waals surface area contributed by atoms with Gasteiger partial charge in [-0.2, -0.15) is 0 Å². The van der Waals surface area contributed by atoms with Crippen molar-refractivity contribution in [1.82, 2.24) is 0 Å². The van der Waals surface area contributed by atoms with E-state index in [1.807, 2.05) is 13.0 Å². The summed E-state index contributed by atoms with van der Waals surface area (Å²) in [6.07, 6.45) is 3.44. The van der Waals surface area contributed by atoms with Crippen molar-refractivity contribution in [1.29, 1.82) is 0 Å². The van der Waals surface area contributed by atoms with Crippen molar-refractivity contribution < 1.29 is 4.79 Å². The van der Waals surface area contributed by atoms with Gasteiger partial charge in [0.15, 0.2) is 6.29 Å². The Morgan fingerprint density at radius 2 is 2.62 bits per heavy atom. The zero-order valence-corrected chi connectivity index (χ0v) is 4.72. The maximum Gasteiger partial charge on any atom is 0.168 e. The third-order valence-electron chi connectivity index (χ3n) is 1.05. The van der Waals surface area contributed by atoms with Crippen molar-refractivity contribution in [3.8, 4) is 0 Å². The largest absolute Gasteiger partial charge is 0.296 e. The van der Waals surface area contributed by atoms with Crippen LogP contribution in [0, 0.1) is 0 Å². The molecule has 0 amide bonds. The molecule has 0 unspecified atom stereocenters. The summed E-state index contributed by atoms with van der Waals surface area (Å²) < 4.78 is 0. The molecule has 0 bridgehead atoms. The van der Waals surface area contributed by atoms with Gasteiger partial charge in [-0.3, -0.25) is 9.79 Å². The first-order valence-corrected chi connectivity index (χ1v) is 2.52. The summed E-state index contributed by atoms with van der Waals surface area (Å²) in [4.78, 5) is 13.9. The molecule has 0 N–H and O–H groups in total. The fraction of sp³-hybridized carbons (Fsp3) is 0.333. The predicted octanol–water partition coefficient (Wildman–Crippen LogP) is 0.934. The Morgan fingerprint density at radius 1 is 1.88 bits per heavy atom. The SMILES string of the molecule is CC1=NC(C=O)=CC1. The molecular formula is C6H7NO. The predicted molar refractivity (Wildman–Crippen MR) is 31.9 cm³/mol. The van der Waals surface area contributed by atoms with Gasteiger partial charge in [-0.05, 0) is 13.0 Å². The Morgan fingerprint density at radius 3 is 2.88 bits per heavy atom. The second-order valence-corrected chi connectivity index (χ2v) is 1.80. The van der Waals surface area contributed by atoms with E-state index in [1.54, 1.807) is 0 Å². The van der Waals surface area contributed by atoms with Gasteiger partial charge in [-0.15, -0.1) is 0 Å². The molecule has 0 aromatic carbocycles. The number of carbonyl (C=O) groups excluding carboxylic acids is 1. The Kier molecular flexibility index (Phi) is 1.24. The van der Waals surface area contributed by atoms with E-state index in [0.717, 1.165) is 18.4 Å². The van der Waals surface area contributed by atoms with E-state index in [2.05, 4.69) is 4.99 Å². The minimum atomic E-state index is 0.572. The molecule has 2 nitrogen and oxygen atoms in total. The molecule has 2 heteroatoms. The van der Waals surface area contributed by atoms with Crippen molar-refractivity contribution in [3.63, 3.8) is 0 Å². The average molecular weight is 109 g/mol. The third-order valence-corrected chi connectivity index (χ3v) is 1.05. The van der Waals surface area contributed by atoms with Gasteiger partial charge in [0.2, 0.25) is 0 Å². The van der Waals surface area contributed by atoms with E-state index in [9.17, 15) is 4.79 Å². The first kappa shape index (κ1) is 5.22. The highest BCUT2D eigenvalue weighted by Gasteiger charge is 2.00. The van der Waals surface area contributed by atoms with Gasteiger partial charge in [0.25, 0.3) is 0 Å². The monoisotopic (exact) mass is 109 g/mol. The van der Waals surface area contributed by atoms with Crippen LogP contribution in [0.3, 0.4) is 0 Å². The molecule has 1 aliphatic rings. The molecule has 0 spiro atoms. The van der Waals surface area contributed by atoms with Crippen LogP contribution in [0.15, 0.2) is 16.8 Å². The molecular weight excluding hydrogens is 102 g/mol. The van der Waals surface area contributed by atoms with Crippen LogP contribution >= 0.6 is 0 Å². The zero-order valence-electron chi connectivity index (χ0n) is 4.72. The molecule has 0 aliphatic carbocycles. The minimum absolute atomic E-state index is 0.572. The van der Waals surface area contributed by atoms with Crippen LogP contribution in [-0.4, -0.2) is 12.0 Å². The summed E-state index contributed by atoms with van der Waals surface area (Å²) in [5.41, 5.74) is 1.59. The van der Waals surface area contributed by atoms with E-state index in [0.29, 0.717) is 5.70 Å². The normalized spacial score (nSPS) is 17.6. The van der Waals surface area contributed by atoms with Crippen LogP contribution in [0.2, 0.25) is 0 Å². The average Bonchev–Trinajstić information content (AvgIpc) is 2.14. The molecule has 0 saturated heterocycles. The lowest BCUT2D eigenvalue weighted by molar-refractivity contribution is -0.104. The zero-order chi connectivity index (χ0) is 5.98. The van der Waals surface area contributed by atoms with E-state index < -0.39 is 0 Å². The first-order chi connectivity index (χ1) is 3.83. The lowest BCUT2D eigenvalue weighted by Crippen LogP contribution is -1.79. The van der Waals surface area contributed by atoms with Crippen LogP contribution in [0.5, 0.6) is 0 Å². The third kappa shape index (κ3) is 0.832. The van der Waals surface area contributed by atoms with Gasteiger partial charge in [0.1, 0.15) is 0 Å². The number of aldehydes is 1. The molecule has 0 aromatic heterocycles. The van der Waals surface area contributed by atoms with Crippen molar-refractivity contribution in [2.75, 3.05) is 0 Å². The minimum Gasteiger partial charge on any atom is -0.296 e. The molecule has 1 heterocycles. The Bertz CT molecular complexity index is 167. The van der Waals surface area contributed by atoms with Gasteiger partial charge in [0, 0.05) is 12.1 Å². The summed E-state index contributed by atoms with van der Waals surface area (Å²) in [6.45, 7) is 1.91. The van der Waals surface area contributed by atoms with E-state index in [4.69, 9.17) is 0 Å². The second kappa shape index (κ2) is 1.90. The molecule has 0 atom stereocenters. The molecule has 42 valence electrons. The Hall–Kier alpha value is -0.920. The molecule has 0 saturated carbocycles. The highest BCUT2D eigenvalue weighted by molar-refractivity contribution is 5.92. The fourth-order valence-corrected chi connectivity index (χ4v) is 0.638. The molecule has 1 aliphatic heterocycles. The molecule has 0 radical (unpaired) electrons. The molecule has 0 fully saturated rings. The van der Waals surface area contributed by atoms with E-state index in [-0.39, 0.29) is 0 Å². The fourth-order valence-electron chi connectivity index (χ4n) is 0.638. The van der Waals surface area contributed by atoms with E-state index >= 15 is 0 Å². The van der Waals surface area contributed by atoms with Gasteiger partial charge in [-0.25, -0.2) is 0 Å². The number of hydrogen-bond donors (Lipinski definition) is 0. The van der Waals surface area contributed by atoms with Crippen molar-refractivity contribution in [2.24, 2.45) is 4.99 Å². The number of hydrogen-bond acceptors (Lipinski definition) is 2. The van der Waals surface area contributed by atoms with E-state index in [1.165, 1.54) is 0 Å². The molecule has 0 aromatic rings. The Balaban J connectivity index is 2.72. The van der Waals surface area contributed by atoms with Gasteiger partial charge >= 0.3 is 0 Å².